The van der Waals surface area contributed by atoms with Crippen molar-refractivity contribution in [3.05, 3.63) is 0 Å². The number of likely N-dealkylation sites (tertiary alicyclic amines) is 1. The molecule has 1 rings (SSSR count). The number of piperidine rings is 1. The molecule has 68 valence electrons. The Hall–Kier alpha value is 0.250. The fourth-order valence-electron chi connectivity index (χ4n) is 2.60. The predicted molar refractivity (Wildman–Crippen MR) is 44.8 cm³/mol. The maximum atomic E-state index is 2.37. The summed E-state index contributed by atoms with van der Waals surface area (Å²) in [6.07, 6.45) is 1.43. The lowest BCUT2D eigenvalue weighted by molar-refractivity contribution is -0.902. The Kier molecular flexibility index (Phi) is 3.86. The van der Waals surface area contributed by atoms with Gasteiger partial charge in [-0.05, 0) is 6.42 Å². The zero-order valence-corrected chi connectivity index (χ0v) is 8.86. The van der Waals surface area contributed by atoms with E-state index in [4.69, 9.17) is 0 Å². The van der Waals surface area contributed by atoms with Crippen LogP contribution < -0.4 is 12.4 Å². The average Bonchev–Trinajstić information content (AvgIpc) is 1.54. The molecule has 0 spiro atoms. The molecule has 2 atom stereocenters. The first kappa shape index (κ1) is 11.2. The monoisotopic (exact) mass is 177 g/mol. The summed E-state index contributed by atoms with van der Waals surface area (Å²) in [7, 11) is 4.68. The molecule has 0 aromatic rings. The van der Waals surface area contributed by atoms with Crippen LogP contribution in [0.25, 0.3) is 0 Å². The van der Waals surface area contributed by atoms with Crippen molar-refractivity contribution in [1.82, 2.24) is 0 Å². The molecule has 1 aliphatic rings. The highest BCUT2D eigenvalue weighted by molar-refractivity contribution is 4.64. The second-order valence-corrected chi connectivity index (χ2v) is 4.75. The first-order valence-corrected chi connectivity index (χ1v) is 4.31. The molecule has 0 N–H and O–H groups in total. The van der Waals surface area contributed by atoms with Gasteiger partial charge in [0.1, 0.15) is 0 Å². The fraction of sp³-hybridized carbons (Fsp3) is 1.00. The van der Waals surface area contributed by atoms with Crippen LogP contribution >= 0.6 is 0 Å². The second-order valence-electron chi connectivity index (χ2n) is 4.75. The highest BCUT2D eigenvalue weighted by atomic mass is 35.5. The van der Waals surface area contributed by atoms with Crippen LogP contribution in [0.1, 0.15) is 20.3 Å². The van der Waals surface area contributed by atoms with Crippen molar-refractivity contribution in [3.8, 4) is 0 Å². The van der Waals surface area contributed by atoms with Gasteiger partial charge < -0.3 is 16.9 Å². The van der Waals surface area contributed by atoms with Crippen LogP contribution in [-0.4, -0.2) is 31.7 Å². The lowest BCUT2D eigenvalue weighted by Crippen LogP contribution is -3.00. The summed E-state index contributed by atoms with van der Waals surface area (Å²) in [5.74, 6) is 1.86. The van der Waals surface area contributed by atoms with Crippen LogP contribution in [-0.2, 0) is 0 Å². The Morgan fingerprint density at radius 1 is 1.00 bits per heavy atom. The van der Waals surface area contributed by atoms with E-state index in [1.165, 1.54) is 24.0 Å². The van der Waals surface area contributed by atoms with Crippen LogP contribution in [0.3, 0.4) is 0 Å². The van der Waals surface area contributed by atoms with Crippen molar-refractivity contribution in [3.63, 3.8) is 0 Å². The molecule has 0 amide bonds. The van der Waals surface area contributed by atoms with Crippen LogP contribution in [0, 0.1) is 11.8 Å². The average molecular weight is 178 g/mol. The van der Waals surface area contributed by atoms with Crippen LogP contribution in [0.2, 0.25) is 0 Å². The Bertz CT molecular complexity index is 111. The molecule has 0 aromatic heterocycles. The van der Waals surface area contributed by atoms with Crippen molar-refractivity contribution in [2.75, 3.05) is 27.2 Å². The van der Waals surface area contributed by atoms with Gasteiger partial charge in [0.15, 0.2) is 0 Å². The number of hydrogen-bond acceptors (Lipinski definition) is 0. The molecule has 0 aromatic carbocycles. The third-order valence-electron chi connectivity index (χ3n) is 2.42. The van der Waals surface area contributed by atoms with Crippen LogP contribution in [0.4, 0.5) is 0 Å². The number of rotatable bonds is 0. The normalized spacial score (nSPS) is 36.0. The van der Waals surface area contributed by atoms with E-state index >= 15 is 0 Å². The standard InChI is InChI=1S/C9H20N.ClH/c1-8-5-9(2)7-10(3,4)6-8;/h8-9H,5-7H2,1-4H3;1H/q+1;/p-1. The summed E-state index contributed by atoms with van der Waals surface area (Å²) in [6.45, 7) is 7.47. The quantitative estimate of drug-likeness (QED) is 0.406. The molecule has 1 nitrogen and oxygen atoms in total. The second kappa shape index (κ2) is 3.77. The molecule has 0 aliphatic carbocycles. The summed E-state index contributed by atoms with van der Waals surface area (Å²) in [6, 6.07) is 0. The first-order valence-electron chi connectivity index (χ1n) is 4.31. The molecule has 1 aliphatic heterocycles. The van der Waals surface area contributed by atoms with Crippen LogP contribution in [0.15, 0.2) is 0 Å². The van der Waals surface area contributed by atoms with Crippen molar-refractivity contribution in [2.24, 2.45) is 11.8 Å². The van der Waals surface area contributed by atoms with E-state index in [0.717, 1.165) is 11.8 Å². The van der Waals surface area contributed by atoms with Gasteiger partial charge in [0, 0.05) is 11.8 Å². The van der Waals surface area contributed by atoms with Crippen molar-refractivity contribution in [1.29, 1.82) is 0 Å². The maximum absolute atomic E-state index is 2.37. The first-order chi connectivity index (χ1) is 4.49. The van der Waals surface area contributed by atoms with Gasteiger partial charge in [-0.3, -0.25) is 0 Å². The van der Waals surface area contributed by atoms with E-state index in [-0.39, 0.29) is 12.4 Å². The zero-order chi connectivity index (χ0) is 7.78. The Morgan fingerprint density at radius 2 is 1.36 bits per heavy atom. The van der Waals surface area contributed by atoms with E-state index in [1.807, 2.05) is 0 Å². The Morgan fingerprint density at radius 3 is 1.64 bits per heavy atom. The molecule has 2 heteroatoms. The van der Waals surface area contributed by atoms with Gasteiger partial charge in [0.25, 0.3) is 0 Å². The SMILES string of the molecule is CC1CC(C)C[N+](C)(C)C1.[Cl-]. The Labute approximate surface area is 76.8 Å². The minimum atomic E-state index is 0. The Balaban J connectivity index is 0.000001000. The molecular weight excluding hydrogens is 158 g/mol. The molecule has 1 fully saturated rings. The van der Waals surface area contributed by atoms with Gasteiger partial charge in [-0.15, -0.1) is 0 Å². The highest BCUT2D eigenvalue weighted by Crippen LogP contribution is 2.23. The summed E-state index contributed by atoms with van der Waals surface area (Å²) < 4.78 is 1.22. The van der Waals surface area contributed by atoms with Gasteiger partial charge >= 0.3 is 0 Å². The van der Waals surface area contributed by atoms with Gasteiger partial charge in [0.2, 0.25) is 0 Å². The molecule has 0 bridgehead atoms. The molecular formula is C9H20ClN. The van der Waals surface area contributed by atoms with E-state index in [1.54, 1.807) is 0 Å². The van der Waals surface area contributed by atoms with Crippen molar-refractivity contribution in [2.45, 2.75) is 20.3 Å². The topological polar surface area (TPSA) is 0 Å². The summed E-state index contributed by atoms with van der Waals surface area (Å²) in [5, 5.41) is 0. The summed E-state index contributed by atoms with van der Waals surface area (Å²) >= 11 is 0. The largest absolute Gasteiger partial charge is 1.00 e. The summed E-state index contributed by atoms with van der Waals surface area (Å²) in [4.78, 5) is 0. The molecule has 2 unspecified atom stereocenters. The highest BCUT2D eigenvalue weighted by Gasteiger charge is 2.28. The summed E-state index contributed by atoms with van der Waals surface area (Å²) in [5.41, 5.74) is 0. The molecule has 1 saturated heterocycles. The number of halogens is 1. The number of nitrogens with zero attached hydrogens (tertiary/aromatic N) is 1. The van der Waals surface area contributed by atoms with Crippen LogP contribution in [0.5, 0.6) is 0 Å². The van der Waals surface area contributed by atoms with Gasteiger partial charge in [-0.2, -0.15) is 0 Å². The van der Waals surface area contributed by atoms with E-state index in [9.17, 15) is 0 Å². The lowest BCUT2D eigenvalue weighted by Gasteiger charge is -2.40. The third kappa shape index (κ3) is 3.44. The van der Waals surface area contributed by atoms with Gasteiger partial charge in [-0.1, -0.05) is 13.8 Å². The van der Waals surface area contributed by atoms with E-state index < -0.39 is 0 Å². The maximum Gasteiger partial charge on any atom is 0.0808 e. The smallest absolute Gasteiger partial charge is 0.0808 e. The van der Waals surface area contributed by atoms with Gasteiger partial charge in [0.05, 0.1) is 27.2 Å². The van der Waals surface area contributed by atoms with E-state index in [0.29, 0.717) is 0 Å². The predicted octanol–water partition coefficient (Wildman–Crippen LogP) is -1.26. The molecule has 0 radical (unpaired) electrons. The lowest BCUT2D eigenvalue weighted by atomic mass is 9.91. The fourth-order valence-corrected chi connectivity index (χ4v) is 2.60. The zero-order valence-electron chi connectivity index (χ0n) is 8.10. The van der Waals surface area contributed by atoms with Gasteiger partial charge in [-0.25, -0.2) is 0 Å². The van der Waals surface area contributed by atoms with E-state index in [2.05, 4.69) is 27.9 Å². The minimum Gasteiger partial charge on any atom is -1.00 e. The molecule has 0 saturated carbocycles. The number of hydrogen-bond donors (Lipinski definition) is 0. The molecule has 1 heterocycles. The van der Waals surface area contributed by atoms with Crippen molar-refractivity contribution >= 4 is 0 Å². The number of quaternary nitrogens is 1. The minimum absolute atomic E-state index is 0. The third-order valence-corrected chi connectivity index (χ3v) is 2.42. The van der Waals surface area contributed by atoms with Crippen molar-refractivity contribution < 1.29 is 16.9 Å². The molecule has 11 heavy (non-hydrogen) atoms.